The van der Waals surface area contributed by atoms with E-state index in [9.17, 15) is 9.59 Å². The number of nitrogens with one attached hydrogen (secondary N) is 1. The second-order valence-electron chi connectivity index (χ2n) is 3.59. The van der Waals surface area contributed by atoms with E-state index in [1.54, 1.807) is 4.90 Å². The number of hydrogen-bond acceptors (Lipinski definition) is 3. The first kappa shape index (κ1) is 13.7. The van der Waals surface area contributed by atoms with Crippen molar-refractivity contribution in [1.29, 1.82) is 0 Å². The normalized spacial score (nSPS) is 10.1. The average molecular weight is 216 g/mol. The van der Waals surface area contributed by atoms with Gasteiger partial charge < -0.3 is 20.9 Å². The molecule has 88 valence electrons. The van der Waals surface area contributed by atoms with E-state index in [4.69, 9.17) is 5.73 Å². The van der Waals surface area contributed by atoms with E-state index in [1.165, 1.54) is 0 Å². The lowest BCUT2D eigenvalue weighted by Gasteiger charge is -2.19. The number of rotatable bonds is 8. The third-order valence-electron chi connectivity index (χ3n) is 1.90. The molecule has 0 aromatic rings. The molecule has 0 radical (unpaired) electrons. The Labute approximate surface area is 90.4 Å². The van der Waals surface area contributed by atoms with Crippen molar-refractivity contribution in [1.82, 2.24) is 15.1 Å². The molecule has 0 saturated heterocycles. The fourth-order valence-electron chi connectivity index (χ4n) is 1.04. The summed E-state index contributed by atoms with van der Waals surface area (Å²) in [5.41, 5.74) is 4.90. The third kappa shape index (κ3) is 9.01. The summed E-state index contributed by atoms with van der Waals surface area (Å²) >= 11 is 0. The van der Waals surface area contributed by atoms with E-state index in [0.29, 0.717) is 19.6 Å². The van der Waals surface area contributed by atoms with Gasteiger partial charge in [0.1, 0.15) is 0 Å². The molecule has 0 aromatic heterocycles. The highest BCUT2D eigenvalue weighted by molar-refractivity contribution is 5.71. The fraction of sp³-hybridized carbons (Fsp3) is 0.778. The summed E-state index contributed by atoms with van der Waals surface area (Å²) in [6.45, 7) is 2.67. The third-order valence-corrected chi connectivity index (χ3v) is 1.90. The molecule has 0 bridgehead atoms. The van der Waals surface area contributed by atoms with Gasteiger partial charge in [-0.05, 0) is 20.5 Å². The van der Waals surface area contributed by atoms with Crippen molar-refractivity contribution in [3.8, 4) is 0 Å². The van der Waals surface area contributed by atoms with Gasteiger partial charge in [0.05, 0.1) is 0 Å². The van der Waals surface area contributed by atoms with Gasteiger partial charge in [0.2, 0.25) is 6.41 Å². The SMILES string of the molecule is CN(C)CCN(C=O)CCCNC(N)=O. The second kappa shape index (κ2) is 8.05. The van der Waals surface area contributed by atoms with E-state index in [1.807, 2.05) is 19.0 Å². The summed E-state index contributed by atoms with van der Waals surface area (Å²) in [6.07, 6.45) is 1.54. The van der Waals surface area contributed by atoms with Crippen LogP contribution in [0.5, 0.6) is 0 Å². The van der Waals surface area contributed by atoms with Crippen molar-refractivity contribution in [2.45, 2.75) is 6.42 Å². The molecule has 0 aromatic carbocycles. The van der Waals surface area contributed by atoms with Gasteiger partial charge in [-0.1, -0.05) is 0 Å². The van der Waals surface area contributed by atoms with Crippen LogP contribution in [0, 0.1) is 0 Å². The van der Waals surface area contributed by atoms with Crippen LogP contribution in [-0.2, 0) is 4.79 Å². The maximum atomic E-state index is 10.6. The Kier molecular flexibility index (Phi) is 7.35. The molecule has 0 unspecified atom stereocenters. The van der Waals surface area contributed by atoms with Crippen molar-refractivity contribution in [2.75, 3.05) is 40.3 Å². The molecule has 6 heteroatoms. The highest BCUT2D eigenvalue weighted by Crippen LogP contribution is 1.88. The zero-order valence-electron chi connectivity index (χ0n) is 9.40. The van der Waals surface area contributed by atoms with Crippen LogP contribution >= 0.6 is 0 Å². The molecule has 0 aliphatic carbocycles. The first-order valence-corrected chi connectivity index (χ1v) is 4.93. The predicted octanol–water partition coefficient (Wildman–Crippen LogP) is -0.935. The quantitative estimate of drug-likeness (QED) is 0.406. The minimum atomic E-state index is -0.527. The molecule has 6 nitrogen and oxygen atoms in total. The minimum Gasteiger partial charge on any atom is -0.352 e. The second-order valence-corrected chi connectivity index (χ2v) is 3.59. The smallest absolute Gasteiger partial charge is 0.312 e. The number of nitrogens with zero attached hydrogens (tertiary/aromatic N) is 2. The molecule has 0 atom stereocenters. The Hall–Kier alpha value is -1.30. The van der Waals surface area contributed by atoms with Crippen LogP contribution in [0.2, 0.25) is 0 Å². The minimum absolute atomic E-state index is 0.502. The molecule has 0 aliphatic heterocycles. The van der Waals surface area contributed by atoms with Gasteiger partial charge in [0.25, 0.3) is 0 Å². The van der Waals surface area contributed by atoms with Crippen LogP contribution < -0.4 is 11.1 Å². The highest BCUT2D eigenvalue weighted by atomic mass is 16.2. The zero-order valence-corrected chi connectivity index (χ0v) is 9.40. The molecule has 0 spiro atoms. The van der Waals surface area contributed by atoms with Gasteiger partial charge in [0.15, 0.2) is 0 Å². The monoisotopic (exact) mass is 216 g/mol. The van der Waals surface area contributed by atoms with Crippen LogP contribution in [0.25, 0.3) is 0 Å². The number of primary amides is 1. The van der Waals surface area contributed by atoms with Gasteiger partial charge in [-0.25, -0.2) is 4.79 Å². The Morgan fingerprint density at radius 2 is 2.00 bits per heavy atom. The van der Waals surface area contributed by atoms with Crippen LogP contribution in [0.15, 0.2) is 0 Å². The lowest BCUT2D eigenvalue weighted by molar-refractivity contribution is -0.118. The molecule has 0 aliphatic rings. The Morgan fingerprint density at radius 1 is 1.33 bits per heavy atom. The highest BCUT2D eigenvalue weighted by Gasteiger charge is 2.01. The lowest BCUT2D eigenvalue weighted by Crippen LogP contribution is -2.35. The molecular weight excluding hydrogens is 196 g/mol. The largest absolute Gasteiger partial charge is 0.352 e. The molecule has 15 heavy (non-hydrogen) atoms. The molecule has 0 fully saturated rings. The first-order valence-electron chi connectivity index (χ1n) is 4.93. The fourth-order valence-corrected chi connectivity index (χ4v) is 1.04. The number of carbonyl (C=O) groups is 2. The molecule has 3 N–H and O–H groups in total. The van der Waals surface area contributed by atoms with Crippen LogP contribution in [0.3, 0.4) is 0 Å². The van der Waals surface area contributed by atoms with Gasteiger partial charge in [-0.15, -0.1) is 0 Å². The lowest BCUT2D eigenvalue weighted by atomic mass is 10.4. The number of carbonyl (C=O) groups excluding carboxylic acids is 2. The Bertz CT molecular complexity index is 197. The number of nitrogens with two attached hydrogens (primary N) is 1. The molecule has 0 saturated carbocycles. The van der Waals surface area contributed by atoms with Crippen LogP contribution in [-0.4, -0.2) is 62.5 Å². The number of hydrogen-bond donors (Lipinski definition) is 2. The Balaban J connectivity index is 3.52. The summed E-state index contributed by atoms with van der Waals surface area (Å²) in [4.78, 5) is 24.7. The van der Waals surface area contributed by atoms with Crippen molar-refractivity contribution in [3.63, 3.8) is 0 Å². The van der Waals surface area contributed by atoms with E-state index in [-0.39, 0.29) is 0 Å². The maximum absolute atomic E-state index is 10.6. The molecular formula is C9H20N4O2. The van der Waals surface area contributed by atoms with Crippen molar-refractivity contribution in [2.24, 2.45) is 5.73 Å². The van der Waals surface area contributed by atoms with E-state index >= 15 is 0 Å². The van der Waals surface area contributed by atoms with Gasteiger partial charge in [0, 0.05) is 26.2 Å². The summed E-state index contributed by atoms with van der Waals surface area (Å²) in [5, 5.41) is 2.48. The predicted molar refractivity (Wildman–Crippen MR) is 58.4 cm³/mol. The number of amides is 3. The first-order chi connectivity index (χ1) is 7.06. The summed E-state index contributed by atoms with van der Waals surface area (Å²) in [6, 6.07) is -0.527. The van der Waals surface area contributed by atoms with Gasteiger partial charge in [-0.2, -0.15) is 0 Å². The Morgan fingerprint density at radius 3 is 2.47 bits per heavy atom. The number of urea groups is 1. The van der Waals surface area contributed by atoms with Gasteiger partial charge in [-0.3, -0.25) is 4.79 Å². The van der Waals surface area contributed by atoms with Crippen molar-refractivity contribution in [3.05, 3.63) is 0 Å². The van der Waals surface area contributed by atoms with Crippen molar-refractivity contribution >= 4 is 12.4 Å². The summed E-state index contributed by atoms with van der Waals surface area (Å²) in [7, 11) is 3.91. The van der Waals surface area contributed by atoms with Crippen molar-refractivity contribution < 1.29 is 9.59 Å². The summed E-state index contributed by atoms with van der Waals surface area (Å²) in [5.74, 6) is 0. The molecule has 3 amide bonds. The molecule has 0 rings (SSSR count). The van der Waals surface area contributed by atoms with E-state index < -0.39 is 6.03 Å². The maximum Gasteiger partial charge on any atom is 0.312 e. The van der Waals surface area contributed by atoms with Crippen LogP contribution in [0.4, 0.5) is 4.79 Å². The topological polar surface area (TPSA) is 78.7 Å². The average Bonchev–Trinajstić information content (AvgIpc) is 2.16. The van der Waals surface area contributed by atoms with E-state index in [2.05, 4.69) is 5.32 Å². The number of likely N-dealkylation sites (N-methyl/N-ethyl adjacent to an activating group) is 1. The van der Waals surface area contributed by atoms with Crippen LogP contribution in [0.1, 0.15) is 6.42 Å². The standard InChI is InChI=1S/C9H20N4O2/c1-12(2)6-7-13(8-14)5-3-4-11-9(10)15/h8H,3-7H2,1-2H3,(H3,10,11,15). The zero-order chi connectivity index (χ0) is 11.7. The van der Waals surface area contributed by atoms with Gasteiger partial charge >= 0.3 is 6.03 Å². The summed E-state index contributed by atoms with van der Waals surface area (Å²) < 4.78 is 0. The molecule has 0 heterocycles. The van der Waals surface area contributed by atoms with E-state index in [0.717, 1.165) is 19.4 Å².